The number of tetrazole rings is 1. The number of aromatic nitrogens is 4. The van der Waals surface area contributed by atoms with Crippen LogP contribution in [-0.2, 0) is 0 Å². The number of carbonyl (C=O) groups is 1. The minimum absolute atomic E-state index is 0.0572. The van der Waals surface area contributed by atoms with Crippen molar-refractivity contribution in [1.82, 2.24) is 20.2 Å². The SMILES string of the molecule is Cc1ccccc1/C=C/C(=O)c1cccc(-n2cnnn2)c1. The maximum absolute atomic E-state index is 12.3. The molecule has 0 atom stereocenters. The van der Waals surface area contributed by atoms with Crippen LogP contribution in [-0.4, -0.2) is 26.0 Å². The number of hydrogen-bond acceptors (Lipinski definition) is 4. The van der Waals surface area contributed by atoms with Crippen molar-refractivity contribution in [1.29, 1.82) is 0 Å². The summed E-state index contributed by atoms with van der Waals surface area (Å²) in [4.78, 5) is 12.3. The molecule has 5 nitrogen and oxygen atoms in total. The first-order chi connectivity index (χ1) is 10.7. The van der Waals surface area contributed by atoms with Gasteiger partial charge in [0.05, 0.1) is 5.69 Å². The van der Waals surface area contributed by atoms with E-state index in [0.29, 0.717) is 5.56 Å². The van der Waals surface area contributed by atoms with Gasteiger partial charge in [-0.15, -0.1) is 5.10 Å². The lowest BCUT2D eigenvalue weighted by Gasteiger charge is -2.02. The van der Waals surface area contributed by atoms with E-state index < -0.39 is 0 Å². The first-order valence-electron chi connectivity index (χ1n) is 6.85. The van der Waals surface area contributed by atoms with E-state index >= 15 is 0 Å². The fourth-order valence-electron chi connectivity index (χ4n) is 2.12. The van der Waals surface area contributed by atoms with Gasteiger partial charge in [0.25, 0.3) is 0 Å². The van der Waals surface area contributed by atoms with Gasteiger partial charge in [0, 0.05) is 5.56 Å². The molecule has 3 aromatic rings. The highest BCUT2D eigenvalue weighted by atomic mass is 16.1. The van der Waals surface area contributed by atoms with E-state index in [1.807, 2.05) is 49.4 Å². The van der Waals surface area contributed by atoms with Gasteiger partial charge in [-0.25, -0.2) is 4.68 Å². The molecule has 0 amide bonds. The molecule has 0 aliphatic carbocycles. The summed E-state index contributed by atoms with van der Waals surface area (Å²) in [5.74, 6) is -0.0572. The second-order valence-electron chi connectivity index (χ2n) is 4.86. The van der Waals surface area contributed by atoms with Gasteiger partial charge < -0.3 is 0 Å². The lowest BCUT2D eigenvalue weighted by Crippen LogP contribution is -1.99. The van der Waals surface area contributed by atoms with Crippen LogP contribution in [0.4, 0.5) is 0 Å². The fourth-order valence-corrected chi connectivity index (χ4v) is 2.12. The van der Waals surface area contributed by atoms with Crippen LogP contribution < -0.4 is 0 Å². The molecule has 0 saturated heterocycles. The Morgan fingerprint density at radius 3 is 2.77 bits per heavy atom. The highest BCUT2D eigenvalue weighted by Gasteiger charge is 2.05. The zero-order valence-corrected chi connectivity index (χ0v) is 12.0. The normalized spacial score (nSPS) is 11.0. The van der Waals surface area contributed by atoms with Crippen LogP contribution in [0.2, 0.25) is 0 Å². The topological polar surface area (TPSA) is 60.7 Å². The number of hydrogen-bond donors (Lipinski definition) is 0. The van der Waals surface area contributed by atoms with Crippen molar-refractivity contribution in [2.45, 2.75) is 6.92 Å². The fraction of sp³-hybridized carbons (Fsp3) is 0.0588. The van der Waals surface area contributed by atoms with Gasteiger partial charge in [0.2, 0.25) is 0 Å². The molecule has 22 heavy (non-hydrogen) atoms. The van der Waals surface area contributed by atoms with Crippen LogP contribution in [0, 0.1) is 6.92 Å². The molecule has 0 aliphatic rings. The average molecular weight is 290 g/mol. The lowest BCUT2D eigenvalue weighted by atomic mass is 10.1. The molecule has 1 aromatic heterocycles. The van der Waals surface area contributed by atoms with Crippen LogP contribution >= 0.6 is 0 Å². The first-order valence-corrected chi connectivity index (χ1v) is 6.85. The molecular weight excluding hydrogens is 276 g/mol. The molecule has 108 valence electrons. The van der Waals surface area contributed by atoms with Gasteiger partial charge in [-0.3, -0.25) is 4.79 Å². The maximum Gasteiger partial charge on any atom is 0.185 e. The van der Waals surface area contributed by atoms with E-state index in [1.54, 1.807) is 18.2 Å². The van der Waals surface area contributed by atoms with Crippen molar-refractivity contribution in [2.24, 2.45) is 0 Å². The Morgan fingerprint density at radius 2 is 2.00 bits per heavy atom. The van der Waals surface area contributed by atoms with Crippen LogP contribution in [0.5, 0.6) is 0 Å². The minimum atomic E-state index is -0.0572. The van der Waals surface area contributed by atoms with E-state index in [1.165, 1.54) is 11.0 Å². The Labute approximate surface area is 127 Å². The van der Waals surface area contributed by atoms with Gasteiger partial charge in [-0.05, 0) is 46.7 Å². The Bertz CT molecular complexity index is 822. The van der Waals surface area contributed by atoms with E-state index in [4.69, 9.17) is 0 Å². The molecule has 0 aliphatic heterocycles. The molecule has 0 unspecified atom stereocenters. The smallest absolute Gasteiger partial charge is 0.185 e. The Balaban J connectivity index is 1.84. The number of nitrogens with zero attached hydrogens (tertiary/aromatic N) is 4. The Hall–Kier alpha value is -3.08. The number of ketones is 1. The second kappa shape index (κ2) is 6.13. The summed E-state index contributed by atoms with van der Waals surface area (Å²) in [5.41, 5.74) is 3.51. The number of carbonyl (C=O) groups excluding carboxylic acids is 1. The van der Waals surface area contributed by atoms with E-state index in [0.717, 1.165) is 16.8 Å². The Morgan fingerprint density at radius 1 is 1.14 bits per heavy atom. The average Bonchev–Trinajstić information content (AvgIpc) is 3.08. The second-order valence-corrected chi connectivity index (χ2v) is 4.86. The van der Waals surface area contributed by atoms with Gasteiger partial charge >= 0.3 is 0 Å². The largest absolute Gasteiger partial charge is 0.289 e. The molecule has 0 spiro atoms. The molecule has 5 heteroatoms. The number of rotatable bonds is 4. The van der Waals surface area contributed by atoms with E-state index in [9.17, 15) is 4.79 Å². The molecule has 0 bridgehead atoms. The summed E-state index contributed by atoms with van der Waals surface area (Å²) in [5, 5.41) is 11.0. The van der Waals surface area contributed by atoms with E-state index in [2.05, 4.69) is 15.5 Å². The summed E-state index contributed by atoms with van der Waals surface area (Å²) < 4.78 is 1.52. The first kappa shape index (κ1) is 13.9. The molecule has 2 aromatic carbocycles. The summed E-state index contributed by atoms with van der Waals surface area (Å²) in [6.07, 6.45) is 4.91. The summed E-state index contributed by atoms with van der Waals surface area (Å²) >= 11 is 0. The zero-order valence-electron chi connectivity index (χ0n) is 12.0. The predicted octanol–water partition coefficient (Wildman–Crippen LogP) is 2.87. The highest BCUT2D eigenvalue weighted by Crippen LogP contribution is 2.12. The minimum Gasteiger partial charge on any atom is -0.289 e. The third-order valence-electron chi connectivity index (χ3n) is 3.35. The summed E-state index contributed by atoms with van der Waals surface area (Å²) in [7, 11) is 0. The van der Waals surface area contributed by atoms with Gasteiger partial charge in [-0.1, -0.05) is 42.5 Å². The van der Waals surface area contributed by atoms with E-state index in [-0.39, 0.29) is 5.78 Å². The lowest BCUT2D eigenvalue weighted by molar-refractivity contribution is 0.104. The number of benzene rings is 2. The van der Waals surface area contributed by atoms with Gasteiger partial charge in [-0.2, -0.15) is 0 Å². The standard InChI is InChI=1S/C17H14N4O/c1-13-5-2-3-6-14(13)9-10-17(22)15-7-4-8-16(11-15)21-12-18-19-20-21/h2-12H,1H3/b10-9+. The van der Waals surface area contributed by atoms with Crippen LogP contribution in [0.1, 0.15) is 21.5 Å². The maximum atomic E-state index is 12.3. The zero-order chi connectivity index (χ0) is 15.4. The molecule has 0 saturated carbocycles. The van der Waals surface area contributed by atoms with Crippen molar-refractivity contribution in [3.63, 3.8) is 0 Å². The van der Waals surface area contributed by atoms with Crippen molar-refractivity contribution in [2.75, 3.05) is 0 Å². The molecule has 0 fully saturated rings. The van der Waals surface area contributed by atoms with Crippen molar-refractivity contribution in [3.05, 3.63) is 77.6 Å². The third-order valence-corrected chi connectivity index (χ3v) is 3.35. The Kier molecular flexibility index (Phi) is 3.87. The molecule has 0 N–H and O–H groups in total. The number of aryl methyl sites for hydroxylation is 1. The number of allylic oxidation sites excluding steroid dienone is 1. The third kappa shape index (κ3) is 2.98. The van der Waals surface area contributed by atoms with Crippen molar-refractivity contribution < 1.29 is 4.79 Å². The van der Waals surface area contributed by atoms with Crippen LogP contribution in [0.25, 0.3) is 11.8 Å². The van der Waals surface area contributed by atoms with Crippen molar-refractivity contribution >= 4 is 11.9 Å². The monoisotopic (exact) mass is 290 g/mol. The predicted molar refractivity (Wildman–Crippen MR) is 83.7 cm³/mol. The highest BCUT2D eigenvalue weighted by molar-refractivity contribution is 6.07. The van der Waals surface area contributed by atoms with Crippen LogP contribution in [0.15, 0.2) is 60.9 Å². The van der Waals surface area contributed by atoms with Crippen molar-refractivity contribution in [3.8, 4) is 5.69 Å². The summed E-state index contributed by atoms with van der Waals surface area (Å²) in [6.45, 7) is 2.02. The van der Waals surface area contributed by atoms with Gasteiger partial charge in [0.1, 0.15) is 6.33 Å². The molecular formula is C17H14N4O. The molecule has 1 heterocycles. The van der Waals surface area contributed by atoms with Gasteiger partial charge in [0.15, 0.2) is 5.78 Å². The van der Waals surface area contributed by atoms with Crippen LogP contribution in [0.3, 0.4) is 0 Å². The molecule has 3 rings (SSSR count). The molecule has 0 radical (unpaired) electrons. The summed E-state index contributed by atoms with van der Waals surface area (Å²) in [6, 6.07) is 15.1. The quantitative estimate of drug-likeness (QED) is 0.547.